The monoisotopic (exact) mass is 286 g/mol. The average molecular weight is 286 g/mol. The Balaban J connectivity index is 2.07. The van der Waals surface area contributed by atoms with Crippen LogP contribution in [0.25, 0.3) is 0 Å². The van der Waals surface area contributed by atoms with Gasteiger partial charge >= 0.3 is 0 Å². The lowest BCUT2D eigenvalue weighted by Gasteiger charge is -2.17. The maximum absolute atomic E-state index is 5.47. The van der Waals surface area contributed by atoms with E-state index in [1.807, 2.05) is 44.4 Å². The highest BCUT2D eigenvalue weighted by Gasteiger charge is 2.10. The number of likely N-dealkylation sites (N-methyl/N-ethyl adjacent to an activating group) is 1. The third-order valence-corrected chi connectivity index (χ3v) is 3.39. The molecule has 0 radical (unpaired) electrons. The quantitative estimate of drug-likeness (QED) is 0.849. The first-order valence-corrected chi connectivity index (χ1v) is 7.15. The molecule has 1 aromatic heterocycles. The molecule has 0 amide bonds. The molecule has 0 aliphatic rings. The van der Waals surface area contributed by atoms with Crippen LogP contribution in [0.5, 0.6) is 11.6 Å². The number of hydrogen-bond donors (Lipinski definition) is 1. The molecule has 0 aliphatic heterocycles. The zero-order valence-corrected chi connectivity index (χ0v) is 12.8. The van der Waals surface area contributed by atoms with E-state index in [4.69, 9.17) is 9.47 Å². The van der Waals surface area contributed by atoms with Gasteiger partial charge in [-0.25, -0.2) is 4.98 Å². The molecule has 1 N–H and O–H groups in total. The van der Waals surface area contributed by atoms with E-state index < -0.39 is 0 Å². The fraction of sp³-hybridized carbons (Fsp3) is 0.353. The van der Waals surface area contributed by atoms with Crippen LogP contribution in [0.1, 0.15) is 24.1 Å². The molecule has 0 aliphatic carbocycles. The van der Waals surface area contributed by atoms with E-state index in [2.05, 4.69) is 22.4 Å². The molecule has 4 heteroatoms. The lowest BCUT2D eigenvalue weighted by Crippen LogP contribution is -2.18. The Labute approximate surface area is 126 Å². The third-order valence-electron chi connectivity index (χ3n) is 3.39. The molecule has 0 spiro atoms. The van der Waals surface area contributed by atoms with Crippen LogP contribution in [0.3, 0.4) is 0 Å². The summed E-state index contributed by atoms with van der Waals surface area (Å²) in [7, 11) is 3.59. The molecule has 2 aromatic rings. The molecule has 0 fully saturated rings. The Morgan fingerprint density at radius 3 is 2.43 bits per heavy atom. The summed E-state index contributed by atoms with van der Waals surface area (Å²) in [4.78, 5) is 4.25. The van der Waals surface area contributed by atoms with E-state index in [1.165, 1.54) is 11.1 Å². The van der Waals surface area contributed by atoms with Gasteiger partial charge in [0.15, 0.2) is 0 Å². The Hall–Kier alpha value is -2.07. The first-order chi connectivity index (χ1) is 10.3. The summed E-state index contributed by atoms with van der Waals surface area (Å²) in [5.74, 6) is 1.54. The van der Waals surface area contributed by atoms with Crippen LogP contribution >= 0.6 is 0 Å². The fourth-order valence-electron chi connectivity index (χ4n) is 2.24. The molecule has 1 aromatic carbocycles. The van der Waals surface area contributed by atoms with Gasteiger partial charge in [-0.1, -0.05) is 18.2 Å². The van der Waals surface area contributed by atoms with Crippen LogP contribution in [0.15, 0.2) is 42.6 Å². The van der Waals surface area contributed by atoms with Crippen molar-refractivity contribution in [2.24, 2.45) is 0 Å². The minimum atomic E-state index is 0.246. The van der Waals surface area contributed by atoms with E-state index in [0.717, 1.165) is 12.2 Å². The van der Waals surface area contributed by atoms with E-state index in [-0.39, 0.29) is 6.04 Å². The number of nitrogens with zero attached hydrogens (tertiary/aromatic N) is 1. The molecule has 21 heavy (non-hydrogen) atoms. The SMILES string of the molecule is CCOc1ccc(C(Cc2ccc(OC)nc2)NC)cc1. The second kappa shape index (κ2) is 7.64. The van der Waals surface area contributed by atoms with Gasteiger partial charge in [0.25, 0.3) is 0 Å². The Morgan fingerprint density at radius 2 is 1.90 bits per heavy atom. The Kier molecular flexibility index (Phi) is 5.58. The number of ether oxygens (including phenoxy) is 2. The van der Waals surface area contributed by atoms with Crippen molar-refractivity contribution in [1.82, 2.24) is 10.3 Å². The smallest absolute Gasteiger partial charge is 0.212 e. The third kappa shape index (κ3) is 4.20. The largest absolute Gasteiger partial charge is 0.494 e. The predicted molar refractivity (Wildman–Crippen MR) is 83.9 cm³/mol. The number of rotatable bonds is 7. The van der Waals surface area contributed by atoms with Crippen molar-refractivity contribution in [2.45, 2.75) is 19.4 Å². The van der Waals surface area contributed by atoms with Gasteiger partial charge in [-0.2, -0.15) is 0 Å². The van der Waals surface area contributed by atoms with Gasteiger partial charge in [0.2, 0.25) is 5.88 Å². The highest BCUT2D eigenvalue weighted by Crippen LogP contribution is 2.21. The van der Waals surface area contributed by atoms with Crippen molar-refractivity contribution >= 4 is 0 Å². The number of aromatic nitrogens is 1. The summed E-state index contributed by atoms with van der Waals surface area (Å²) in [6.45, 7) is 2.67. The molecule has 112 valence electrons. The molecular weight excluding hydrogens is 264 g/mol. The number of pyridine rings is 1. The zero-order chi connectivity index (χ0) is 15.1. The Bertz CT molecular complexity index is 538. The normalized spacial score (nSPS) is 12.0. The van der Waals surface area contributed by atoms with Crippen LogP contribution in [-0.2, 0) is 6.42 Å². The molecule has 0 saturated heterocycles. The summed E-state index contributed by atoms with van der Waals surface area (Å²) in [5, 5.41) is 3.35. The van der Waals surface area contributed by atoms with E-state index in [1.54, 1.807) is 7.11 Å². The van der Waals surface area contributed by atoms with Crippen LogP contribution < -0.4 is 14.8 Å². The van der Waals surface area contributed by atoms with Crippen molar-refractivity contribution in [3.63, 3.8) is 0 Å². The summed E-state index contributed by atoms with van der Waals surface area (Å²) < 4.78 is 10.6. The molecule has 4 nitrogen and oxygen atoms in total. The summed E-state index contributed by atoms with van der Waals surface area (Å²) in [6.07, 6.45) is 2.74. The Morgan fingerprint density at radius 1 is 1.14 bits per heavy atom. The van der Waals surface area contributed by atoms with E-state index >= 15 is 0 Å². The van der Waals surface area contributed by atoms with Gasteiger partial charge in [0.05, 0.1) is 13.7 Å². The van der Waals surface area contributed by atoms with Crippen molar-refractivity contribution in [3.05, 3.63) is 53.7 Å². The molecule has 0 bridgehead atoms. The average Bonchev–Trinajstić information content (AvgIpc) is 2.54. The fourth-order valence-corrected chi connectivity index (χ4v) is 2.24. The lowest BCUT2D eigenvalue weighted by molar-refractivity contribution is 0.340. The van der Waals surface area contributed by atoms with Crippen molar-refractivity contribution < 1.29 is 9.47 Å². The molecular formula is C17H22N2O2. The van der Waals surface area contributed by atoms with Crippen molar-refractivity contribution in [2.75, 3.05) is 20.8 Å². The first kappa shape index (κ1) is 15.3. The van der Waals surface area contributed by atoms with E-state index in [9.17, 15) is 0 Å². The standard InChI is InChI=1S/C17H22N2O2/c1-4-21-15-8-6-14(7-9-15)16(18-2)11-13-5-10-17(20-3)19-12-13/h5-10,12,16,18H,4,11H2,1-3H3. The van der Waals surface area contributed by atoms with Crippen LogP contribution in [0.2, 0.25) is 0 Å². The van der Waals surface area contributed by atoms with E-state index in [0.29, 0.717) is 12.5 Å². The van der Waals surface area contributed by atoms with Crippen LogP contribution in [0, 0.1) is 0 Å². The first-order valence-electron chi connectivity index (χ1n) is 7.15. The highest BCUT2D eigenvalue weighted by atomic mass is 16.5. The van der Waals surface area contributed by atoms with Gasteiger partial charge in [-0.3, -0.25) is 0 Å². The molecule has 1 heterocycles. The van der Waals surface area contributed by atoms with Gasteiger partial charge in [0, 0.05) is 18.3 Å². The summed E-state index contributed by atoms with van der Waals surface area (Å²) >= 11 is 0. The maximum atomic E-state index is 5.47. The molecule has 0 saturated carbocycles. The van der Waals surface area contributed by atoms with Crippen molar-refractivity contribution in [3.8, 4) is 11.6 Å². The van der Waals surface area contributed by atoms with Crippen LogP contribution in [0.4, 0.5) is 0 Å². The van der Waals surface area contributed by atoms with Crippen molar-refractivity contribution in [1.29, 1.82) is 0 Å². The topological polar surface area (TPSA) is 43.4 Å². The van der Waals surface area contributed by atoms with Gasteiger partial charge in [-0.05, 0) is 43.7 Å². The second-order valence-electron chi connectivity index (χ2n) is 4.76. The molecule has 1 atom stereocenters. The summed E-state index contributed by atoms with van der Waals surface area (Å²) in [6, 6.07) is 12.4. The predicted octanol–water partition coefficient (Wildman–Crippen LogP) is 2.99. The summed E-state index contributed by atoms with van der Waals surface area (Å²) in [5.41, 5.74) is 2.40. The minimum Gasteiger partial charge on any atom is -0.494 e. The number of benzene rings is 1. The lowest BCUT2D eigenvalue weighted by atomic mass is 10.00. The second-order valence-corrected chi connectivity index (χ2v) is 4.76. The van der Waals surface area contributed by atoms with Gasteiger partial charge in [-0.15, -0.1) is 0 Å². The number of methoxy groups -OCH3 is 1. The number of hydrogen-bond acceptors (Lipinski definition) is 4. The molecule has 1 unspecified atom stereocenters. The zero-order valence-electron chi connectivity index (χ0n) is 12.8. The maximum Gasteiger partial charge on any atom is 0.212 e. The van der Waals surface area contributed by atoms with Gasteiger partial charge in [0.1, 0.15) is 5.75 Å². The van der Waals surface area contributed by atoms with Crippen LogP contribution in [-0.4, -0.2) is 25.7 Å². The minimum absolute atomic E-state index is 0.246. The number of nitrogens with one attached hydrogen (secondary N) is 1. The molecule has 2 rings (SSSR count). The highest BCUT2D eigenvalue weighted by molar-refractivity contribution is 5.30. The van der Waals surface area contributed by atoms with Gasteiger partial charge < -0.3 is 14.8 Å².